The average Bonchev–Trinajstić information content (AvgIpc) is 3.49. The Morgan fingerprint density at radius 3 is 2.27 bits per heavy atom. The molecule has 1 aliphatic heterocycles. The number of fused-ring (bicyclic) bond motifs is 2. The first-order chi connectivity index (χ1) is 15.8. The number of rotatable bonds is 5. The summed E-state index contributed by atoms with van der Waals surface area (Å²) in [6.07, 6.45) is 8.95. The second-order valence-electron chi connectivity index (χ2n) is 9.39. The number of aromatic nitrogens is 1. The van der Waals surface area contributed by atoms with Crippen LogP contribution in [0.2, 0.25) is 0 Å². The zero-order chi connectivity index (χ0) is 23.2. The minimum Gasteiger partial charge on any atom is -0.381 e. The number of urea groups is 1. The summed E-state index contributed by atoms with van der Waals surface area (Å²) in [4.78, 5) is 13.1. The minimum atomic E-state index is -4.12. The first-order valence-electron chi connectivity index (χ1n) is 11.8. The summed E-state index contributed by atoms with van der Waals surface area (Å²) in [5.41, 5.74) is 7.25. The molecule has 0 atom stereocenters. The predicted molar refractivity (Wildman–Crippen MR) is 128 cm³/mol. The van der Waals surface area contributed by atoms with Crippen LogP contribution in [0.5, 0.6) is 0 Å². The SMILES string of the molecule is Cc1cc(N(C2CCOCC2)S(=O)(=O)NC(=O)Nc2c3c(cc4c2CCC4)CCC3)cn1C. The Hall–Kier alpha value is -2.52. The van der Waals surface area contributed by atoms with Crippen molar-refractivity contribution in [2.45, 2.75) is 64.3 Å². The molecule has 2 N–H and O–H groups in total. The van der Waals surface area contributed by atoms with E-state index in [0.717, 1.165) is 49.9 Å². The molecule has 0 saturated carbocycles. The molecule has 2 heterocycles. The fourth-order valence-corrected chi connectivity index (χ4v) is 6.88. The molecule has 5 rings (SSSR count). The van der Waals surface area contributed by atoms with Crippen molar-refractivity contribution in [3.63, 3.8) is 0 Å². The molecule has 2 amide bonds. The second-order valence-corrected chi connectivity index (χ2v) is 10.9. The molecule has 178 valence electrons. The zero-order valence-electron chi connectivity index (χ0n) is 19.3. The van der Waals surface area contributed by atoms with Crippen LogP contribution in [0.1, 0.15) is 53.6 Å². The predicted octanol–water partition coefficient (Wildman–Crippen LogP) is 3.36. The number of hydrogen-bond donors (Lipinski definition) is 2. The Morgan fingerprint density at radius 2 is 1.70 bits per heavy atom. The number of nitrogens with zero attached hydrogens (tertiary/aromatic N) is 2. The van der Waals surface area contributed by atoms with E-state index in [0.29, 0.717) is 31.7 Å². The van der Waals surface area contributed by atoms with Gasteiger partial charge >= 0.3 is 16.2 Å². The molecular weight excluding hydrogens is 440 g/mol. The zero-order valence-corrected chi connectivity index (χ0v) is 20.1. The summed E-state index contributed by atoms with van der Waals surface area (Å²) in [6, 6.07) is 3.16. The summed E-state index contributed by atoms with van der Waals surface area (Å²) in [5.74, 6) is 0. The van der Waals surface area contributed by atoms with Crippen LogP contribution < -0.4 is 14.3 Å². The summed E-state index contributed by atoms with van der Waals surface area (Å²) in [6.45, 7) is 2.92. The number of anilines is 2. The number of carbonyl (C=O) groups is 1. The van der Waals surface area contributed by atoms with Gasteiger partial charge in [-0.15, -0.1) is 0 Å². The maximum absolute atomic E-state index is 13.5. The van der Waals surface area contributed by atoms with Gasteiger partial charge in [0.15, 0.2) is 0 Å². The molecule has 2 aromatic rings. The highest BCUT2D eigenvalue weighted by Gasteiger charge is 2.34. The molecule has 1 aromatic heterocycles. The van der Waals surface area contributed by atoms with E-state index in [9.17, 15) is 13.2 Å². The number of carbonyl (C=O) groups excluding carboxylic acids is 1. The van der Waals surface area contributed by atoms with Crippen molar-refractivity contribution in [1.29, 1.82) is 0 Å². The number of amides is 2. The molecule has 33 heavy (non-hydrogen) atoms. The molecule has 0 bridgehead atoms. The molecule has 0 unspecified atom stereocenters. The lowest BCUT2D eigenvalue weighted by Gasteiger charge is -2.34. The maximum atomic E-state index is 13.5. The Balaban J connectivity index is 1.42. The second kappa shape index (κ2) is 8.68. The van der Waals surface area contributed by atoms with E-state index in [2.05, 4.69) is 16.1 Å². The smallest absolute Gasteiger partial charge is 0.334 e. The van der Waals surface area contributed by atoms with Crippen molar-refractivity contribution >= 4 is 27.6 Å². The number of aryl methyl sites for hydroxylation is 4. The molecule has 3 aliphatic rings. The third kappa shape index (κ3) is 4.24. The van der Waals surface area contributed by atoms with Crippen LogP contribution in [-0.4, -0.2) is 38.3 Å². The van der Waals surface area contributed by atoms with Crippen molar-refractivity contribution in [2.75, 3.05) is 22.8 Å². The summed E-state index contributed by atoms with van der Waals surface area (Å²) >= 11 is 0. The Labute approximate surface area is 195 Å². The highest BCUT2D eigenvalue weighted by Crippen LogP contribution is 2.38. The van der Waals surface area contributed by atoms with Gasteiger partial charge in [0.25, 0.3) is 0 Å². The Morgan fingerprint density at radius 1 is 1.06 bits per heavy atom. The van der Waals surface area contributed by atoms with Crippen molar-refractivity contribution in [2.24, 2.45) is 7.05 Å². The molecule has 0 spiro atoms. The monoisotopic (exact) mass is 472 g/mol. The maximum Gasteiger partial charge on any atom is 0.334 e. The molecular formula is C24H32N4O4S. The average molecular weight is 473 g/mol. The van der Waals surface area contributed by atoms with Crippen LogP contribution in [0.15, 0.2) is 18.3 Å². The van der Waals surface area contributed by atoms with E-state index in [1.807, 2.05) is 24.6 Å². The lowest BCUT2D eigenvalue weighted by Crippen LogP contribution is -2.51. The van der Waals surface area contributed by atoms with E-state index >= 15 is 0 Å². The molecule has 9 heteroatoms. The molecule has 1 fully saturated rings. The third-order valence-corrected chi connectivity index (χ3v) is 8.68. The van der Waals surface area contributed by atoms with Gasteiger partial charge in [0, 0.05) is 37.8 Å². The standard InChI is InChI=1S/C24H32N4O4S/c1-16-13-20(15-27(16)2)28(19-9-11-32-12-10-19)33(30,31)26-24(29)25-23-21-7-3-5-17(21)14-18-6-4-8-22(18)23/h13-15,19H,3-12H2,1-2H3,(H2,25,26,29). The van der Waals surface area contributed by atoms with Gasteiger partial charge in [-0.25, -0.2) is 13.8 Å². The number of benzene rings is 1. The van der Waals surface area contributed by atoms with Crippen LogP contribution in [0, 0.1) is 6.92 Å². The van der Waals surface area contributed by atoms with Gasteiger partial charge in [-0.1, -0.05) is 6.07 Å². The van der Waals surface area contributed by atoms with Crippen LogP contribution in [0.25, 0.3) is 0 Å². The van der Waals surface area contributed by atoms with E-state index in [-0.39, 0.29) is 6.04 Å². The molecule has 1 saturated heterocycles. The van der Waals surface area contributed by atoms with Crippen molar-refractivity contribution in [1.82, 2.24) is 9.29 Å². The van der Waals surface area contributed by atoms with Crippen LogP contribution in [-0.2, 0) is 47.7 Å². The molecule has 1 aromatic carbocycles. The fraction of sp³-hybridized carbons (Fsp3) is 0.542. The van der Waals surface area contributed by atoms with Gasteiger partial charge in [-0.05, 0) is 86.6 Å². The third-order valence-electron chi connectivity index (χ3n) is 7.21. The van der Waals surface area contributed by atoms with E-state index < -0.39 is 16.2 Å². The van der Waals surface area contributed by atoms with Crippen molar-refractivity contribution in [3.8, 4) is 0 Å². The summed E-state index contributed by atoms with van der Waals surface area (Å²) in [7, 11) is -2.24. The summed E-state index contributed by atoms with van der Waals surface area (Å²) < 4.78 is 38.0. The lowest BCUT2D eigenvalue weighted by atomic mass is 9.99. The van der Waals surface area contributed by atoms with E-state index in [1.165, 1.54) is 26.6 Å². The normalized spacial score (nSPS) is 18.1. The van der Waals surface area contributed by atoms with Gasteiger partial charge in [0.2, 0.25) is 0 Å². The van der Waals surface area contributed by atoms with Crippen LogP contribution in [0.4, 0.5) is 16.2 Å². The number of hydrogen-bond acceptors (Lipinski definition) is 4. The highest BCUT2D eigenvalue weighted by atomic mass is 32.2. The van der Waals surface area contributed by atoms with Crippen LogP contribution >= 0.6 is 0 Å². The minimum absolute atomic E-state index is 0.268. The Bertz CT molecular complexity index is 1130. The Kier molecular flexibility index (Phi) is 5.86. The van der Waals surface area contributed by atoms with Gasteiger partial charge in [-0.2, -0.15) is 8.42 Å². The first-order valence-corrected chi connectivity index (χ1v) is 13.3. The number of ether oxygens (including phenoxy) is 1. The van der Waals surface area contributed by atoms with Crippen molar-refractivity contribution < 1.29 is 17.9 Å². The molecule has 0 radical (unpaired) electrons. The highest BCUT2D eigenvalue weighted by molar-refractivity contribution is 7.91. The fourth-order valence-electron chi connectivity index (χ4n) is 5.51. The van der Waals surface area contributed by atoms with Crippen LogP contribution in [0.3, 0.4) is 0 Å². The largest absolute Gasteiger partial charge is 0.381 e. The van der Waals surface area contributed by atoms with Gasteiger partial charge in [0.05, 0.1) is 11.7 Å². The number of nitrogens with one attached hydrogen (secondary N) is 2. The van der Waals surface area contributed by atoms with Gasteiger partial charge in [0.1, 0.15) is 0 Å². The van der Waals surface area contributed by atoms with Gasteiger partial charge < -0.3 is 14.6 Å². The first kappa shape index (κ1) is 22.3. The molecule has 2 aliphatic carbocycles. The van der Waals surface area contributed by atoms with E-state index in [1.54, 1.807) is 6.20 Å². The van der Waals surface area contributed by atoms with Gasteiger partial charge in [-0.3, -0.25) is 0 Å². The quantitative estimate of drug-likeness (QED) is 0.698. The summed E-state index contributed by atoms with van der Waals surface area (Å²) in [5, 5.41) is 2.94. The lowest BCUT2D eigenvalue weighted by molar-refractivity contribution is 0.0875. The van der Waals surface area contributed by atoms with Crippen molar-refractivity contribution in [3.05, 3.63) is 46.3 Å². The molecule has 8 nitrogen and oxygen atoms in total. The van der Waals surface area contributed by atoms with E-state index in [4.69, 9.17) is 4.74 Å². The topological polar surface area (TPSA) is 92.7 Å².